The highest BCUT2D eigenvalue weighted by Crippen LogP contribution is 2.46. The molecule has 2 aliphatic heterocycles. The SMILES string of the molecule is CC1(CC(=O)c2ccc3c(c2)C(C)(C)C(=O)N3c2cc(OCC3CC(F)(F)C3)ccn2)CCS(=O)(=O)CC1. The van der Waals surface area contributed by atoms with E-state index >= 15 is 0 Å². The second-order valence-corrected chi connectivity index (χ2v) is 14.2. The second kappa shape index (κ2) is 9.10. The Morgan fingerprint density at radius 2 is 1.79 bits per heavy atom. The number of pyridine rings is 1. The first kappa shape index (κ1) is 26.7. The number of rotatable bonds is 7. The Balaban J connectivity index is 1.35. The van der Waals surface area contributed by atoms with E-state index in [1.807, 2.05) is 6.92 Å². The van der Waals surface area contributed by atoms with Gasteiger partial charge in [0.15, 0.2) is 5.78 Å². The first-order chi connectivity index (χ1) is 17.7. The van der Waals surface area contributed by atoms with Gasteiger partial charge in [-0.2, -0.15) is 0 Å². The number of ether oxygens (including phenoxy) is 1. The summed E-state index contributed by atoms with van der Waals surface area (Å²) < 4.78 is 55.7. The van der Waals surface area contributed by atoms with Gasteiger partial charge < -0.3 is 4.74 Å². The Kier molecular flexibility index (Phi) is 6.40. The van der Waals surface area contributed by atoms with Gasteiger partial charge in [0.1, 0.15) is 21.4 Å². The van der Waals surface area contributed by atoms with Gasteiger partial charge in [-0.3, -0.25) is 14.5 Å². The Morgan fingerprint density at radius 3 is 2.45 bits per heavy atom. The van der Waals surface area contributed by atoms with Crippen molar-refractivity contribution in [3.63, 3.8) is 0 Å². The van der Waals surface area contributed by atoms with Crippen LogP contribution in [-0.2, 0) is 20.0 Å². The number of ketones is 1. The van der Waals surface area contributed by atoms with Crippen LogP contribution in [0.2, 0.25) is 0 Å². The molecule has 1 aromatic heterocycles. The van der Waals surface area contributed by atoms with E-state index in [0.717, 1.165) is 0 Å². The molecule has 0 spiro atoms. The van der Waals surface area contributed by atoms with Crippen LogP contribution in [0.15, 0.2) is 36.5 Å². The summed E-state index contributed by atoms with van der Waals surface area (Å²) in [6, 6.07) is 8.45. The van der Waals surface area contributed by atoms with E-state index < -0.39 is 21.2 Å². The van der Waals surface area contributed by atoms with Crippen LogP contribution >= 0.6 is 0 Å². The molecule has 2 fully saturated rings. The standard InChI is InChI=1S/C28H32F2N2O5S/c1-26(2)21-12-19(23(33)16-27(3)7-10-38(35,36)11-8-27)4-5-22(21)32(25(26)34)24-13-20(6-9-31-24)37-17-18-14-28(29,30)15-18/h4-6,9,12-13,18H,7-8,10-11,14-17H2,1-3H3. The number of benzene rings is 1. The van der Waals surface area contributed by atoms with Crippen LogP contribution in [0.5, 0.6) is 5.75 Å². The van der Waals surface area contributed by atoms with Crippen molar-refractivity contribution in [2.75, 3.05) is 23.0 Å². The zero-order valence-electron chi connectivity index (χ0n) is 21.8. The second-order valence-electron chi connectivity index (χ2n) is 11.9. The van der Waals surface area contributed by atoms with Crippen molar-refractivity contribution >= 4 is 33.0 Å². The van der Waals surface area contributed by atoms with Gasteiger partial charge in [0.05, 0.1) is 29.2 Å². The third-order valence-electron chi connectivity index (χ3n) is 8.20. The third kappa shape index (κ3) is 5.07. The molecular weight excluding hydrogens is 514 g/mol. The highest BCUT2D eigenvalue weighted by atomic mass is 32.2. The van der Waals surface area contributed by atoms with Crippen LogP contribution in [0.3, 0.4) is 0 Å². The first-order valence-electron chi connectivity index (χ1n) is 12.9. The lowest BCUT2D eigenvalue weighted by atomic mass is 9.78. The van der Waals surface area contributed by atoms with Crippen LogP contribution in [0.25, 0.3) is 0 Å². The number of Topliss-reactive ketones (excluding diaryl/α,β-unsaturated/α-hetero) is 1. The molecule has 1 amide bonds. The quantitative estimate of drug-likeness (QED) is 0.441. The minimum atomic E-state index is -3.03. The predicted molar refractivity (Wildman–Crippen MR) is 139 cm³/mol. The smallest absolute Gasteiger partial charge is 0.248 e. The van der Waals surface area contributed by atoms with Gasteiger partial charge in [-0.25, -0.2) is 22.2 Å². The Bertz CT molecular complexity index is 1380. The highest BCUT2D eigenvalue weighted by molar-refractivity contribution is 7.91. The Morgan fingerprint density at radius 1 is 1.11 bits per heavy atom. The number of amides is 1. The van der Waals surface area contributed by atoms with Crippen molar-refractivity contribution in [3.05, 3.63) is 47.7 Å². The van der Waals surface area contributed by atoms with Crippen molar-refractivity contribution in [2.24, 2.45) is 11.3 Å². The van der Waals surface area contributed by atoms with E-state index in [1.165, 1.54) is 11.1 Å². The van der Waals surface area contributed by atoms with Crippen LogP contribution < -0.4 is 9.64 Å². The number of carbonyl (C=O) groups is 2. The molecule has 0 bridgehead atoms. The fourth-order valence-electron chi connectivity index (χ4n) is 5.56. The maximum Gasteiger partial charge on any atom is 0.248 e. The van der Waals surface area contributed by atoms with Crippen LogP contribution in [-0.4, -0.2) is 49.1 Å². The lowest BCUT2D eigenvalue weighted by Gasteiger charge is -2.34. The minimum Gasteiger partial charge on any atom is -0.493 e. The highest BCUT2D eigenvalue weighted by Gasteiger charge is 2.47. The van der Waals surface area contributed by atoms with E-state index in [0.29, 0.717) is 41.2 Å². The lowest BCUT2D eigenvalue weighted by molar-refractivity contribution is -0.121. The van der Waals surface area contributed by atoms with Crippen LogP contribution in [0, 0.1) is 11.3 Å². The van der Waals surface area contributed by atoms with E-state index in [4.69, 9.17) is 4.74 Å². The van der Waals surface area contributed by atoms with Crippen molar-refractivity contribution in [2.45, 2.75) is 64.2 Å². The van der Waals surface area contributed by atoms with Gasteiger partial charge >= 0.3 is 0 Å². The monoisotopic (exact) mass is 546 g/mol. The largest absolute Gasteiger partial charge is 0.493 e. The molecule has 0 unspecified atom stereocenters. The van der Waals surface area contributed by atoms with Gasteiger partial charge in [-0.05, 0) is 61.9 Å². The topological polar surface area (TPSA) is 93.6 Å². The van der Waals surface area contributed by atoms with Crippen molar-refractivity contribution in [1.29, 1.82) is 0 Å². The summed E-state index contributed by atoms with van der Waals surface area (Å²) in [6.45, 7) is 5.73. The maximum atomic E-state index is 13.5. The number of carbonyl (C=O) groups excluding carboxylic acids is 2. The predicted octanol–water partition coefficient (Wildman–Crippen LogP) is 5.25. The zero-order valence-corrected chi connectivity index (χ0v) is 22.6. The molecule has 10 heteroatoms. The van der Waals surface area contributed by atoms with E-state index in [2.05, 4.69) is 4.98 Å². The molecule has 204 valence electrons. The average Bonchev–Trinajstić information content (AvgIpc) is 3.03. The normalized spacial score (nSPS) is 23.0. The van der Waals surface area contributed by atoms with Crippen molar-refractivity contribution < 1.29 is 31.5 Å². The molecule has 38 heavy (non-hydrogen) atoms. The third-order valence-corrected chi connectivity index (χ3v) is 9.85. The molecule has 1 aromatic carbocycles. The summed E-state index contributed by atoms with van der Waals surface area (Å²) >= 11 is 0. The minimum absolute atomic E-state index is 0.0774. The maximum absolute atomic E-state index is 13.5. The number of hydrogen-bond donors (Lipinski definition) is 0. The molecule has 1 aliphatic carbocycles. The average molecular weight is 547 g/mol. The number of aromatic nitrogens is 1. The van der Waals surface area contributed by atoms with Gasteiger partial charge in [-0.1, -0.05) is 6.92 Å². The van der Waals surface area contributed by atoms with E-state index in [9.17, 15) is 26.8 Å². The zero-order chi connectivity index (χ0) is 27.5. The summed E-state index contributed by atoms with van der Waals surface area (Å²) in [6.07, 6.45) is 2.30. The summed E-state index contributed by atoms with van der Waals surface area (Å²) in [4.78, 5) is 32.6. The molecule has 5 rings (SSSR count). The van der Waals surface area contributed by atoms with Gasteiger partial charge in [-0.15, -0.1) is 0 Å². The van der Waals surface area contributed by atoms with Crippen LogP contribution in [0.1, 0.15) is 68.8 Å². The molecule has 0 radical (unpaired) electrons. The van der Waals surface area contributed by atoms with E-state index in [1.54, 1.807) is 44.2 Å². The number of hydrogen-bond acceptors (Lipinski definition) is 6. The molecule has 3 aliphatic rings. The summed E-state index contributed by atoms with van der Waals surface area (Å²) in [7, 11) is -3.03. The number of nitrogens with zero attached hydrogens (tertiary/aromatic N) is 2. The van der Waals surface area contributed by atoms with Crippen molar-refractivity contribution in [3.8, 4) is 5.75 Å². The molecule has 3 heterocycles. The molecule has 1 saturated heterocycles. The summed E-state index contributed by atoms with van der Waals surface area (Å²) in [5, 5.41) is 0. The van der Waals surface area contributed by atoms with Crippen molar-refractivity contribution in [1.82, 2.24) is 4.98 Å². The number of alkyl halides is 2. The molecule has 2 aromatic rings. The van der Waals surface area contributed by atoms with Gasteiger partial charge in [0.25, 0.3) is 0 Å². The molecular formula is C28H32F2N2O5S. The fourth-order valence-corrected chi connectivity index (χ4v) is 7.37. The van der Waals surface area contributed by atoms with Crippen LogP contribution in [0.4, 0.5) is 20.3 Å². The summed E-state index contributed by atoms with van der Waals surface area (Å²) in [5.74, 6) is -2.10. The Hall–Kier alpha value is -2.88. The summed E-state index contributed by atoms with van der Waals surface area (Å²) in [5.41, 5.74) is 0.524. The first-order valence-corrected chi connectivity index (χ1v) is 14.7. The van der Waals surface area contributed by atoms with E-state index in [-0.39, 0.29) is 60.4 Å². The number of halogens is 2. The number of sulfone groups is 1. The number of fused-ring (bicyclic) bond motifs is 1. The molecule has 7 nitrogen and oxygen atoms in total. The Labute approximate surface area is 221 Å². The molecule has 1 saturated carbocycles. The lowest BCUT2D eigenvalue weighted by Crippen LogP contribution is -2.38. The fraction of sp³-hybridized carbons (Fsp3) is 0.536. The molecule has 0 atom stereocenters. The number of anilines is 2. The van der Waals surface area contributed by atoms with Gasteiger partial charge in [0, 0.05) is 43.0 Å². The van der Waals surface area contributed by atoms with Gasteiger partial charge in [0.2, 0.25) is 11.8 Å². The molecule has 0 N–H and O–H groups in total.